The molecule has 0 saturated carbocycles. The largest absolute Gasteiger partial charge is 0.316 e. The molecule has 0 bridgehead atoms. The molecule has 0 unspecified atom stereocenters. The van der Waals surface area contributed by atoms with Crippen LogP contribution in [-0.2, 0) is 0 Å². The first-order valence-electron chi connectivity index (χ1n) is 0. The summed E-state index contributed by atoms with van der Waals surface area (Å²) in [6.45, 7) is 0. The van der Waals surface area contributed by atoms with E-state index in [-0.39, 0.29) is 78.3 Å². The third-order valence-corrected chi connectivity index (χ3v) is 0. The third kappa shape index (κ3) is 8.83. The van der Waals surface area contributed by atoms with Gasteiger partial charge in [-0.1, -0.05) is 0 Å². The maximum atomic E-state index is 0. The second-order valence-corrected chi connectivity index (χ2v) is 0. The van der Waals surface area contributed by atoms with Crippen molar-refractivity contribution in [1.29, 1.82) is 0 Å². The third-order valence-electron chi connectivity index (χ3n) is 0. The van der Waals surface area contributed by atoms with E-state index in [1.165, 1.54) is 0 Å². The van der Waals surface area contributed by atoms with Crippen molar-refractivity contribution in [1.82, 2.24) is 0 Å². The normalized spacial score (nSPS) is 0. The van der Waals surface area contributed by atoms with Gasteiger partial charge in [-0.15, -0.1) is 36.4 Å². The molecule has 0 aliphatic heterocycles. The Hall–Kier alpha value is 2.38. The van der Waals surface area contributed by atoms with Crippen LogP contribution in [0.15, 0.2) is 0 Å². The summed E-state index contributed by atoms with van der Waals surface area (Å²) >= 11 is 0. The summed E-state index contributed by atoms with van der Waals surface area (Å²) in [6, 6.07) is 0. The molecule has 0 aromatic carbocycles. The fraction of sp³-hybridized carbons (Fsp3) is 0. The van der Waals surface area contributed by atoms with E-state index in [1.54, 1.807) is 0 Å². The van der Waals surface area contributed by atoms with Gasteiger partial charge in [-0.05, 0) is 0 Å². The summed E-state index contributed by atoms with van der Waals surface area (Å²) in [5.74, 6) is 0. The minimum absolute atomic E-state index is 0. The summed E-state index contributed by atoms with van der Waals surface area (Å²) in [6.07, 6.45) is 0. The van der Waals surface area contributed by atoms with E-state index in [0.717, 1.165) is 0 Å². The van der Waals surface area contributed by atoms with Crippen LogP contribution in [0, 0.1) is 0 Å². The van der Waals surface area contributed by atoms with E-state index < -0.39 is 0 Å². The molecule has 0 aliphatic carbocycles. The van der Waals surface area contributed by atoms with Crippen LogP contribution < -0.4 is 0 Å². The van der Waals surface area contributed by atoms with Gasteiger partial charge in [0.25, 0.3) is 0 Å². The van der Waals surface area contributed by atoms with Gasteiger partial charge in [0.05, 0.1) is 0 Å². The maximum absolute atomic E-state index is 0. The summed E-state index contributed by atoms with van der Waals surface area (Å²) in [7, 11) is 0. The van der Waals surface area contributed by atoms with E-state index in [2.05, 4.69) is 0 Å². The van der Waals surface area contributed by atoms with Crippen LogP contribution in [-0.4, -0.2) is 41.9 Å². The Morgan fingerprint density at radius 2 is 1.00 bits per heavy atom. The molecule has 0 heterocycles. The summed E-state index contributed by atoms with van der Waals surface area (Å²) in [5.41, 5.74) is 0. The molecule has 4 heteroatoms. The Labute approximate surface area is 77.2 Å². The summed E-state index contributed by atoms with van der Waals surface area (Å²) < 4.78 is 0. The van der Waals surface area contributed by atoms with Crippen molar-refractivity contribution < 1.29 is 0 Å². The predicted octanol–water partition coefficient (Wildman–Crippen LogP) is -0.525. The Kier molecular flexibility index (Phi) is 148. The van der Waals surface area contributed by atoms with Crippen LogP contribution in [0.4, 0.5) is 0 Å². The predicted molar refractivity (Wildman–Crippen MR) is 38.4 cm³/mol. The van der Waals surface area contributed by atoms with E-state index >= 15 is 0 Å². The topological polar surface area (TPSA) is 0 Å². The molecule has 0 aliphatic rings. The van der Waals surface area contributed by atoms with Crippen molar-refractivity contribution in [2.24, 2.45) is 0 Å². The smallest absolute Gasteiger partial charge is 0.316 e. The van der Waals surface area contributed by atoms with Crippen molar-refractivity contribution in [3.05, 3.63) is 0 Å². The van der Waals surface area contributed by atoms with Crippen LogP contribution in [0.1, 0.15) is 0 Å². The molecule has 0 aromatic heterocycles. The standard InChI is InChI=1S/ClH.HI.Li.Mg.3H/h2*1H;;;;;. The molecule has 4 heavy (non-hydrogen) atoms. The minimum atomic E-state index is 0. The van der Waals surface area contributed by atoms with E-state index in [0.29, 0.717) is 0 Å². The zero-order valence-electron chi connectivity index (χ0n) is 0.816. The van der Waals surface area contributed by atoms with Gasteiger partial charge in [-0.2, -0.15) is 0 Å². The monoisotopic (exact) mass is 198 g/mol. The molecule has 0 nitrogen and oxygen atoms in total. The molecule has 0 atom stereocenters. The maximum Gasteiger partial charge on any atom is 0.316 e. The molecule has 0 spiro atoms. The fourth-order valence-electron chi connectivity index (χ4n) is 0. The van der Waals surface area contributed by atoms with Gasteiger partial charge in [0.2, 0.25) is 0 Å². The van der Waals surface area contributed by atoms with Gasteiger partial charge >= 0.3 is 41.9 Å². The van der Waals surface area contributed by atoms with Crippen LogP contribution in [0.25, 0.3) is 0 Å². The second-order valence-electron chi connectivity index (χ2n) is 0. The van der Waals surface area contributed by atoms with Crippen molar-refractivity contribution >= 4 is 78.3 Å². The van der Waals surface area contributed by atoms with E-state index in [4.69, 9.17) is 0 Å². The fourth-order valence-corrected chi connectivity index (χ4v) is 0. The van der Waals surface area contributed by atoms with Gasteiger partial charge in [0, 0.05) is 0 Å². The first-order valence-corrected chi connectivity index (χ1v) is 0. The quantitative estimate of drug-likeness (QED) is 0.363. The van der Waals surface area contributed by atoms with Crippen LogP contribution in [0.2, 0.25) is 0 Å². The molecule has 0 amide bonds. The first kappa shape index (κ1) is 32.6. The Morgan fingerprint density at radius 3 is 1.00 bits per heavy atom. The zero-order valence-corrected chi connectivity index (χ0v) is 3.96. The molecular formula is H5ClILiMg. The van der Waals surface area contributed by atoms with Gasteiger partial charge < -0.3 is 0 Å². The van der Waals surface area contributed by atoms with Crippen molar-refractivity contribution in [3.8, 4) is 0 Å². The van der Waals surface area contributed by atoms with Gasteiger partial charge in [0.15, 0.2) is 0 Å². The van der Waals surface area contributed by atoms with Gasteiger partial charge in [0.1, 0.15) is 0 Å². The number of hydrogen-bond acceptors (Lipinski definition) is 0. The van der Waals surface area contributed by atoms with E-state index in [1.807, 2.05) is 0 Å². The van der Waals surface area contributed by atoms with Crippen molar-refractivity contribution in [3.63, 3.8) is 0 Å². The summed E-state index contributed by atoms with van der Waals surface area (Å²) in [5, 5.41) is 0. The zero-order chi connectivity index (χ0) is 0. The van der Waals surface area contributed by atoms with E-state index in [9.17, 15) is 0 Å². The molecular weight excluding hydrogens is 194 g/mol. The minimum Gasteiger partial charge on any atom is 0.316 e. The van der Waals surface area contributed by atoms with Crippen LogP contribution >= 0.6 is 36.4 Å². The molecule has 0 aromatic rings. The van der Waals surface area contributed by atoms with Gasteiger partial charge in [-0.25, -0.2) is 0 Å². The number of halogens is 2. The molecule has 22 valence electrons. The number of rotatable bonds is 0. The Bertz CT molecular complexity index is 8.00. The summed E-state index contributed by atoms with van der Waals surface area (Å²) in [4.78, 5) is 0. The Balaban J connectivity index is 0. The van der Waals surface area contributed by atoms with Crippen molar-refractivity contribution in [2.45, 2.75) is 0 Å². The average Bonchev–Trinajstić information content (AvgIpc) is 0. The molecule has 0 saturated heterocycles. The molecule has 0 radical (unpaired) electrons. The second kappa shape index (κ2) is 18.2. The molecule has 0 rings (SSSR count). The van der Waals surface area contributed by atoms with Crippen molar-refractivity contribution in [2.75, 3.05) is 0 Å². The van der Waals surface area contributed by atoms with Crippen LogP contribution in [0.3, 0.4) is 0 Å². The number of hydrogen-bond donors (Lipinski definition) is 0. The average molecular weight is 199 g/mol. The van der Waals surface area contributed by atoms with Crippen LogP contribution in [0.5, 0.6) is 0 Å². The molecule has 0 fully saturated rings. The Morgan fingerprint density at radius 1 is 1.00 bits per heavy atom. The first-order chi connectivity index (χ1) is 0. The SMILES string of the molecule is Cl.I.[LiH].[MgH2]. The molecule has 0 N–H and O–H groups in total. The van der Waals surface area contributed by atoms with Gasteiger partial charge in [-0.3, -0.25) is 0 Å².